The van der Waals surface area contributed by atoms with Crippen LogP contribution in [0.1, 0.15) is 11.1 Å². The van der Waals surface area contributed by atoms with Crippen LogP contribution in [0.25, 0.3) is 0 Å². The number of hydrogen-bond acceptors (Lipinski definition) is 3. The quantitative estimate of drug-likeness (QED) is 0.391. The molecule has 2 aromatic carbocycles. The first-order chi connectivity index (χ1) is 10.0. The molecule has 21 heavy (non-hydrogen) atoms. The SMILES string of the molecule is O=[N+]([O-])c1cccc(COc2cc(F)cc(CBr)c2)c1Br. The number of benzene rings is 2. The number of alkyl halides is 1. The maximum Gasteiger partial charge on any atom is 0.283 e. The fourth-order valence-corrected chi connectivity index (χ4v) is 2.61. The zero-order valence-corrected chi connectivity index (χ0v) is 13.9. The van der Waals surface area contributed by atoms with Crippen LogP contribution in [0.5, 0.6) is 5.75 Å². The van der Waals surface area contributed by atoms with E-state index < -0.39 is 4.92 Å². The predicted molar refractivity (Wildman–Crippen MR) is 84.2 cm³/mol. The standard InChI is InChI=1S/C14H10Br2FNO3/c15-7-9-4-11(17)6-12(5-9)21-8-10-2-1-3-13(14(10)16)18(19)20/h1-6H,7-8H2. The number of nitro groups is 1. The highest BCUT2D eigenvalue weighted by atomic mass is 79.9. The zero-order chi connectivity index (χ0) is 15.4. The fraction of sp³-hybridized carbons (Fsp3) is 0.143. The van der Waals surface area contributed by atoms with E-state index >= 15 is 0 Å². The van der Waals surface area contributed by atoms with Gasteiger partial charge in [-0.2, -0.15) is 0 Å². The van der Waals surface area contributed by atoms with Gasteiger partial charge < -0.3 is 4.74 Å². The normalized spacial score (nSPS) is 10.4. The monoisotopic (exact) mass is 417 g/mol. The van der Waals surface area contributed by atoms with Gasteiger partial charge in [0.25, 0.3) is 5.69 Å². The van der Waals surface area contributed by atoms with Gasteiger partial charge in [-0.25, -0.2) is 4.39 Å². The van der Waals surface area contributed by atoms with Crippen LogP contribution in [0.3, 0.4) is 0 Å². The van der Waals surface area contributed by atoms with Crippen LogP contribution in [-0.4, -0.2) is 4.92 Å². The minimum absolute atomic E-state index is 0.0310. The van der Waals surface area contributed by atoms with Gasteiger partial charge in [-0.05, 0) is 33.6 Å². The van der Waals surface area contributed by atoms with Crippen LogP contribution >= 0.6 is 31.9 Å². The number of ether oxygens (including phenoxy) is 1. The highest BCUT2D eigenvalue weighted by Gasteiger charge is 2.15. The molecule has 0 radical (unpaired) electrons. The van der Waals surface area contributed by atoms with E-state index in [9.17, 15) is 14.5 Å². The second-order valence-corrected chi connectivity index (χ2v) is 5.58. The number of nitrogens with zero attached hydrogens (tertiary/aromatic N) is 1. The average Bonchev–Trinajstić information content (AvgIpc) is 2.45. The maximum absolute atomic E-state index is 13.4. The lowest BCUT2D eigenvalue weighted by Gasteiger charge is -2.09. The van der Waals surface area contributed by atoms with Crippen LogP contribution in [0, 0.1) is 15.9 Å². The molecule has 0 fully saturated rings. The summed E-state index contributed by atoms with van der Waals surface area (Å²) in [5, 5.41) is 11.4. The number of halogens is 3. The molecule has 0 aromatic heterocycles. The lowest BCUT2D eigenvalue weighted by atomic mass is 10.2. The van der Waals surface area contributed by atoms with Gasteiger partial charge in [0.05, 0.1) is 4.92 Å². The van der Waals surface area contributed by atoms with Gasteiger partial charge in [0.1, 0.15) is 22.6 Å². The second kappa shape index (κ2) is 7.00. The van der Waals surface area contributed by atoms with Crippen molar-refractivity contribution in [2.24, 2.45) is 0 Å². The molecule has 7 heteroatoms. The summed E-state index contributed by atoms with van der Waals surface area (Å²) < 4.78 is 19.3. The first-order valence-corrected chi connectivity index (χ1v) is 7.82. The van der Waals surface area contributed by atoms with Gasteiger partial charge in [-0.1, -0.05) is 28.1 Å². The highest BCUT2D eigenvalue weighted by Crippen LogP contribution is 2.29. The van der Waals surface area contributed by atoms with Gasteiger partial charge in [0.15, 0.2) is 0 Å². The lowest BCUT2D eigenvalue weighted by molar-refractivity contribution is -0.385. The maximum atomic E-state index is 13.4. The van der Waals surface area contributed by atoms with Crippen molar-refractivity contribution < 1.29 is 14.1 Å². The zero-order valence-electron chi connectivity index (χ0n) is 10.7. The van der Waals surface area contributed by atoms with Crippen LogP contribution in [-0.2, 0) is 11.9 Å². The van der Waals surface area contributed by atoms with E-state index in [1.807, 2.05) is 0 Å². The Balaban J connectivity index is 2.19. The Morgan fingerprint density at radius 3 is 2.71 bits per heavy atom. The Labute approximate surface area is 137 Å². The third-order valence-corrected chi connectivity index (χ3v) is 4.30. The Bertz CT molecular complexity index is 679. The van der Waals surface area contributed by atoms with E-state index in [-0.39, 0.29) is 18.1 Å². The van der Waals surface area contributed by atoms with Crippen LogP contribution in [0.15, 0.2) is 40.9 Å². The van der Waals surface area contributed by atoms with Crippen molar-refractivity contribution in [3.63, 3.8) is 0 Å². The summed E-state index contributed by atoms with van der Waals surface area (Å²) in [6, 6.07) is 9.09. The molecule has 0 unspecified atom stereocenters. The van der Waals surface area contributed by atoms with Gasteiger partial charge in [0.2, 0.25) is 0 Å². The van der Waals surface area contributed by atoms with Crippen molar-refractivity contribution in [3.8, 4) is 5.75 Å². The molecule has 0 amide bonds. The summed E-state index contributed by atoms with van der Waals surface area (Å²) in [5.74, 6) is -0.0112. The van der Waals surface area contributed by atoms with Crippen molar-refractivity contribution in [1.82, 2.24) is 0 Å². The number of nitro benzene ring substituents is 1. The van der Waals surface area contributed by atoms with E-state index in [2.05, 4.69) is 31.9 Å². The van der Waals surface area contributed by atoms with Gasteiger partial charge >= 0.3 is 0 Å². The Morgan fingerprint density at radius 2 is 2.05 bits per heavy atom. The van der Waals surface area contributed by atoms with Crippen LogP contribution in [0.4, 0.5) is 10.1 Å². The van der Waals surface area contributed by atoms with Crippen molar-refractivity contribution in [3.05, 3.63) is 67.9 Å². The summed E-state index contributed by atoms with van der Waals surface area (Å²) in [6.07, 6.45) is 0. The summed E-state index contributed by atoms with van der Waals surface area (Å²) >= 11 is 6.45. The second-order valence-electron chi connectivity index (χ2n) is 4.22. The summed E-state index contributed by atoms with van der Waals surface area (Å²) in [4.78, 5) is 10.4. The average molecular weight is 419 g/mol. The molecule has 0 aliphatic carbocycles. The summed E-state index contributed by atoms with van der Waals surface area (Å²) in [7, 11) is 0. The molecule has 0 saturated heterocycles. The molecule has 0 heterocycles. The van der Waals surface area contributed by atoms with Gasteiger partial charge in [-0.3, -0.25) is 10.1 Å². The minimum Gasteiger partial charge on any atom is -0.489 e. The van der Waals surface area contributed by atoms with Crippen LogP contribution < -0.4 is 4.74 Å². The molecule has 0 spiro atoms. The van der Waals surface area contributed by atoms with E-state index in [0.29, 0.717) is 21.1 Å². The van der Waals surface area contributed by atoms with Gasteiger partial charge in [-0.15, -0.1) is 0 Å². The molecule has 110 valence electrons. The molecule has 0 aliphatic heterocycles. The lowest BCUT2D eigenvalue weighted by Crippen LogP contribution is -1.99. The largest absolute Gasteiger partial charge is 0.489 e. The molecule has 0 saturated carbocycles. The first kappa shape index (κ1) is 15.9. The molecular weight excluding hydrogens is 409 g/mol. The third-order valence-electron chi connectivity index (χ3n) is 2.73. The first-order valence-electron chi connectivity index (χ1n) is 5.91. The fourth-order valence-electron chi connectivity index (χ4n) is 1.76. The van der Waals surface area contributed by atoms with Crippen molar-refractivity contribution in [1.29, 1.82) is 0 Å². The van der Waals surface area contributed by atoms with E-state index in [1.54, 1.807) is 18.2 Å². The highest BCUT2D eigenvalue weighted by molar-refractivity contribution is 9.10. The third kappa shape index (κ3) is 4.01. The molecule has 0 bridgehead atoms. The topological polar surface area (TPSA) is 52.4 Å². The number of hydrogen-bond donors (Lipinski definition) is 0. The van der Waals surface area contributed by atoms with Crippen molar-refractivity contribution in [2.45, 2.75) is 11.9 Å². The smallest absolute Gasteiger partial charge is 0.283 e. The van der Waals surface area contributed by atoms with E-state index in [1.165, 1.54) is 18.2 Å². The Hall–Kier alpha value is -1.47. The molecule has 0 aliphatic rings. The molecule has 2 aromatic rings. The molecule has 2 rings (SSSR count). The van der Waals surface area contributed by atoms with E-state index in [0.717, 1.165) is 5.56 Å². The summed E-state index contributed by atoms with van der Waals surface area (Å²) in [6.45, 7) is 0.105. The summed E-state index contributed by atoms with van der Waals surface area (Å²) in [5.41, 5.74) is 1.34. The molecule has 0 atom stereocenters. The molecular formula is C14H10Br2FNO3. The minimum atomic E-state index is -0.474. The molecule has 4 nitrogen and oxygen atoms in total. The Morgan fingerprint density at radius 1 is 1.29 bits per heavy atom. The van der Waals surface area contributed by atoms with Gasteiger partial charge in [0, 0.05) is 23.0 Å². The van der Waals surface area contributed by atoms with Crippen LogP contribution in [0.2, 0.25) is 0 Å². The van der Waals surface area contributed by atoms with E-state index in [4.69, 9.17) is 4.74 Å². The number of rotatable bonds is 5. The molecule has 0 N–H and O–H groups in total. The van der Waals surface area contributed by atoms with Crippen molar-refractivity contribution in [2.75, 3.05) is 0 Å². The Kier molecular flexibility index (Phi) is 5.30. The van der Waals surface area contributed by atoms with Crippen molar-refractivity contribution >= 4 is 37.5 Å². The predicted octanol–water partition coefficient (Wildman–Crippen LogP) is 4.97.